The minimum absolute atomic E-state index is 0.201. The number of nitrogens with one attached hydrogen (secondary N) is 1. The predicted octanol–water partition coefficient (Wildman–Crippen LogP) is 2.96. The molecule has 0 aliphatic carbocycles. The standard InChI is InChI=1S/C20H20N2O2/c1-14(19(23)13-15-7-3-2-4-8-15)22-20(24)17-11-12-21-18-10-6-5-9-16(17)18/h2-12,14,19,23H,13H2,1H3,(H,22,24). The minimum atomic E-state index is -0.649. The highest BCUT2D eigenvalue weighted by atomic mass is 16.3. The SMILES string of the molecule is CC(NC(=O)c1ccnc2ccccc12)C(O)Cc1ccccc1. The second-order valence-electron chi connectivity index (χ2n) is 5.89. The number of para-hydroxylation sites is 1. The van der Waals surface area contributed by atoms with E-state index < -0.39 is 6.10 Å². The van der Waals surface area contributed by atoms with Gasteiger partial charge in [-0.15, -0.1) is 0 Å². The Bertz CT molecular complexity index is 828. The number of fused-ring (bicyclic) bond motifs is 1. The summed E-state index contributed by atoms with van der Waals surface area (Å²) in [7, 11) is 0. The summed E-state index contributed by atoms with van der Waals surface area (Å²) in [6, 6.07) is 18.6. The first-order chi connectivity index (χ1) is 11.6. The molecule has 24 heavy (non-hydrogen) atoms. The van der Waals surface area contributed by atoms with E-state index in [0.29, 0.717) is 12.0 Å². The Morgan fingerprint density at radius 3 is 2.58 bits per heavy atom. The van der Waals surface area contributed by atoms with Gasteiger partial charge in [0.25, 0.3) is 5.91 Å². The molecule has 1 heterocycles. The van der Waals surface area contributed by atoms with Crippen molar-refractivity contribution in [2.75, 3.05) is 0 Å². The first-order valence-electron chi connectivity index (χ1n) is 8.02. The minimum Gasteiger partial charge on any atom is -0.391 e. The van der Waals surface area contributed by atoms with Gasteiger partial charge in [0.2, 0.25) is 0 Å². The molecular formula is C20H20N2O2. The van der Waals surface area contributed by atoms with Crippen molar-refractivity contribution in [3.05, 3.63) is 78.0 Å². The van der Waals surface area contributed by atoms with Crippen LogP contribution in [0.1, 0.15) is 22.8 Å². The zero-order valence-corrected chi connectivity index (χ0v) is 13.5. The lowest BCUT2D eigenvalue weighted by atomic mass is 10.0. The lowest BCUT2D eigenvalue weighted by Gasteiger charge is -2.20. The van der Waals surface area contributed by atoms with Crippen LogP contribution in [0.25, 0.3) is 10.9 Å². The number of benzene rings is 2. The van der Waals surface area contributed by atoms with E-state index in [9.17, 15) is 9.90 Å². The lowest BCUT2D eigenvalue weighted by Crippen LogP contribution is -2.42. The van der Waals surface area contributed by atoms with Crippen LogP contribution in [-0.2, 0) is 6.42 Å². The van der Waals surface area contributed by atoms with Gasteiger partial charge < -0.3 is 10.4 Å². The highest BCUT2D eigenvalue weighted by Crippen LogP contribution is 2.16. The number of carbonyl (C=O) groups is 1. The number of rotatable bonds is 5. The maximum atomic E-state index is 12.6. The Balaban J connectivity index is 1.71. The molecule has 0 bridgehead atoms. The molecule has 2 N–H and O–H groups in total. The summed E-state index contributed by atoms with van der Waals surface area (Å²) in [6.07, 6.45) is 1.48. The molecule has 4 heteroatoms. The van der Waals surface area contributed by atoms with Gasteiger partial charge in [0.05, 0.1) is 23.2 Å². The van der Waals surface area contributed by atoms with E-state index in [1.807, 2.05) is 61.5 Å². The van der Waals surface area contributed by atoms with Crippen LogP contribution < -0.4 is 5.32 Å². The van der Waals surface area contributed by atoms with Crippen molar-refractivity contribution in [1.82, 2.24) is 10.3 Å². The number of pyridine rings is 1. The zero-order chi connectivity index (χ0) is 16.9. The third kappa shape index (κ3) is 3.60. The molecule has 4 nitrogen and oxygen atoms in total. The normalized spacial score (nSPS) is 13.4. The highest BCUT2D eigenvalue weighted by molar-refractivity contribution is 6.06. The van der Waals surface area contributed by atoms with Crippen molar-refractivity contribution >= 4 is 16.8 Å². The van der Waals surface area contributed by atoms with Gasteiger partial charge in [-0.05, 0) is 24.6 Å². The van der Waals surface area contributed by atoms with Crippen LogP contribution in [0, 0.1) is 0 Å². The first-order valence-corrected chi connectivity index (χ1v) is 8.02. The van der Waals surface area contributed by atoms with Crippen molar-refractivity contribution in [3.8, 4) is 0 Å². The molecule has 3 aromatic rings. The van der Waals surface area contributed by atoms with Gasteiger partial charge in [-0.1, -0.05) is 48.5 Å². The zero-order valence-electron chi connectivity index (χ0n) is 13.5. The van der Waals surface area contributed by atoms with Crippen molar-refractivity contribution in [2.24, 2.45) is 0 Å². The van der Waals surface area contributed by atoms with Crippen molar-refractivity contribution in [3.63, 3.8) is 0 Å². The van der Waals surface area contributed by atoms with Crippen molar-refractivity contribution in [1.29, 1.82) is 0 Å². The number of carbonyl (C=O) groups excluding carboxylic acids is 1. The summed E-state index contributed by atoms with van der Waals surface area (Å²) in [5, 5.41) is 14.1. The highest BCUT2D eigenvalue weighted by Gasteiger charge is 2.19. The van der Waals surface area contributed by atoms with Gasteiger partial charge in [0, 0.05) is 18.0 Å². The van der Waals surface area contributed by atoms with E-state index >= 15 is 0 Å². The maximum Gasteiger partial charge on any atom is 0.252 e. The summed E-state index contributed by atoms with van der Waals surface area (Å²) in [5.74, 6) is -0.201. The molecule has 0 aliphatic heterocycles. The predicted molar refractivity (Wildman–Crippen MR) is 94.8 cm³/mol. The topological polar surface area (TPSA) is 62.2 Å². The summed E-state index contributed by atoms with van der Waals surface area (Å²) in [6.45, 7) is 1.81. The third-order valence-corrected chi connectivity index (χ3v) is 4.12. The molecule has 0 radical (unpaired) electrons. The lowest BCUT2D eigenvalue weighted by molar-refractivity contribution is 0.0853. The number of hydrogen-bond donors (Lipinski definition) is 2. The van der Waals surface area contributed by atoms with Crippen LogP contribution in [0.4, 0.5) is 0 Å². The molecule has 1 aromatic heterocycles. The molecule has 0 fully saturated rings. The molecule has 122 valence electrons. The summed E-state index contributed by atoms with van der Waals surface area (Å²) < 4.78 is 0. The van der Waals surface area contributed by atoms with Gasteiger partial charge in [-0.2, -0.15) is 0 Å². The van der Waals surface area contributed by atoms with Crippen LogP contribution in [0.2, 0.25) is 0 Å². The van der Waals surface area contributed by atoms with Gasteiger partial charge in [0.1, 0.15) is 0 Å². The molecule has 1 amide bonds. The fraction of sp³-hybridized carbons (Fsp3) is 0.200. The van der Waals surface area contributed by atoms with Crippen LogP contribution in [0.5, 0.6) is 0 Å². The average Bonchev–Trinajstić information content (AvgIpc) is 2.62. The van der Waals surface area contributed by atoms with Crippen molar-refractivity contribution in [2.45, 2.75) is 25.5 Å². The van der Waals surface area contributed by atoms with E-state index in [2.05, 4.69) is 10.3 Å². The molecule has 0 saturated carbocycles. The van der Waals surface area contributed by atoms with E-state index in [1.54, 1.807) is 12.3 Å². The van der Waals surface area contributed by atoms with E-state index in [1.165, 1.54) is 0 Å². The molecule has 2 unspecified atom stereocenters. The van der Waals surface area contributed by atoms with E-state index in [-0.39, 0.29) is 11.9 Å². The first kappa shape index (κ1) is 16.1. The van der Waals surface area contributed by atoms with Gasteiger partial charge in [-0.25, -0.2) is 0 Å². The molecule has 3 rings (SSSR count). The van der Waals surface area contributed by atoms with E-state index in [0.717, 1.165) is 16.5 Å². The molecular weight excluding hydrogens is 300 g/mol. The second kappa shape index (κ2) is 7.23. The van der Waals surface area contributed by atoms with Crippen LogP contribution in [0.15, 0.2) is 66.9 Å². The van der Waals surface area contributed by atoms with Gasteiger partial charge in [-0.3, -0.25) is 9.78 Å². The molecule has 2 aromatic carbocycles. The van der Waals surface area contributed by atoms with Crippen LogP contribution >= 0.6 is 0 Å². The monoisotopic (exact) mass is 320 g/mol. The Hall–Kier alpha value is -2.72. The fourth-order valence-electron chi connectivity index (χ4n) is 2.71. The second-order valence-corrected chi connectivity index (χ2v) is 5.89. The molecule has 0 saturated heterocycles. The van der Waals surface area contributed by atoms with Crippen molar-refractivity contribution < 1.29 is 9.90 Å². The Kier molecular flexibility index (Phi) is 4.87. The van der Waals surface area contributed by atoms with E-state index in [4.69, 9.17) is 0 Å². The number of amides is 1. The number of aliphatic hydroxyl groups excluding tert-OH is 1. The smallest absolute Gasteiger partial charge is 0.252 e. The Labute approximate surface area is 141 Å². The quantitative estimate of drug-likeness (QED) is 0.760. The van der Waals surface area contributed by atoms with Gasteiger partial charge >= 0.3 is 0 Å². The molecule has 0 aliphatic rings. The van der Waals surface area contributed by atoms with Gasteiger partial charge in [0.15, 0.2) is 0 Å². The van der Waals surface area contributed by atoms with Crippen LogP contribution in [0.3, 0.4) is 0 Å². The molecule has 0 spiro atoms. The Morgan fingerprint density at radius 1 is 1.08 bits per heavy atom. The van der Waals surface area contributed by atoms with Crippen LogP contribution in [-0.4, -0.2) is 28.1 Å². The largest absolute Gasteiger partial charge is 0.391 e. The maximum absolute atomic E-state index is 12.6. The third-order valence-electron chi connectivity index (χ3n) is 4.12. The number of aromatic nitrogens is 1. The number of hydrogen-bond acceptors (Lipinski definition) is 3. The number of nitrogens with zero attached hydrogens (tertiary/aromatic N) is 1. The summed E-state index contributed by atoms with van der Waals surface area (Å²) >= 11 is 0. The summed E-state index contributed by atoms with van der Waals surface area (Å²) in [4.78, 5) is 16.8. The Morgan fingerprint density at radius 2 is 1.79 bits per heavy atom. The number of aliphatic hydroxyl groups is 1. The fourth-order valence-corrected chi connectivity index (χ4v) is 2.71. The molecule has 2 atom stereocenters. The average molecular weight is 320 g/mol. The summed E-state index contributed by atoms with van der Waals surface area (Å²) in [5.41, 5.74) is 2.39.